The first-order valence-corrected chi connectivity index (χ1v) is 15.5. The van der Waals surface area contributed by atoms with Gasteiger partial charge in [0.2, 0.25) is 0 Å². The van der Waals surface area contributed by atoms with E-state index in [1.807, 2.05) is 0 Å². The molecule has 0 unspecified atom stereocenters. The van der Waals surface area contributed by atoms with Gasteiger partial charge in [0, 0.05) is 5.92 Å². The van der Waals surface area contributed by atoms with E-state index in [1.54, 1.807) is 5.57 Å². The summed E-state index contributed by atoms with van der Waals surface area (Å²) < 4.78 is 6.99. The summed E-state index contributed by atoms with van der Waals surface area (Å²) in [5, 5.41) is 1.78. The lowest BCUT2D eigenvalue weighted by Crippen LogP contribution is -2.45. The minimum absolute atomic E-state index is 0.287. The third-order valence-electron chi connectivity index (χ3n) is 7.29. The van der Waals surface area contributed by atoms with Crippen LogP contribution >= 0.6 is 0 Å². The molecule has 1 aromatic rings. The van der Waals surface area contributed by atoms with Gasteiger partial charge in [0.05, 0.1) is 15.6 Å². The van der Waals surface area contributed by atoms with Crippen LogP contribution in [0.2, 0.25) is 24.2 Å². The molecular weight excluding hydrogens is 372 g/mol. The number of allylic oxidation sites excluding steroid dienone is 1. The summed E-state index contributed by atoms with van der Waals surface area (Å²) in [5.41, 5.74) is 1.74. The molecule has 28 heavy (non-hydrogen) atoms. The van der Waals surface area contributed by atoms with Crippen LogP contribution in [0, 0.1) is 11.8 Å². The summed E-state index contributed by atoms with van der Waals surface area (Å²) in [7, 11) is -0.836. The molecule has 0 bridgehead atoms. The lowest BCUT2D eigenvalue weighted by atomic mass is 9.86. The molecule has 0 saturated heterocycles. The lowest BCUT2D eigenvalue weighted by molar-refractivity contribution is 0.156. The Hall–Kier alpha value is -0.646. The highest BCUT2D eigenvalue weighted by atomic mass is 28.4. The normalized spacial score (nSPS) is 26.1. The highest BCUT2D eigenvalue weighted by Crippen LogP contribution is 2.44. The summed E-state index contributed by atoms with van der Waals surface area (Å²) in [6.45, 7) is 12.0. The molecule has 1 aromatic carbocycles. The second kappa shape index (κ2) is 9.44. The average Bonchev–Trinajstić information content (AvgIpc) is 3.01. The van der Waals surface area contributed by atoms with E-state index in [9.17, 15) is 0 Å². The van der Waals surface area contributed by atoms with Gasteiger partial charge >= 0.3 is 0 Å². The topological polar surface area (TPSA) is 9.23 Å². The molecule has 0 aromatic heterocycles. The zero-order chi connectivity index (χ0) is 20.2. The molecule has 0 amide bonds. The van der Waals surface area contributed by atoms with Crippen LogP contribution in [0.5, 0.6) is 0 Å². The van der Waals surface area contributed by atoms with E-state index in [0.717, 1.165) is 15.4 Å². The van der Waals surface area contributed by atoms with E-state index in [4.69, 9.17) is 4.43 Å². The first kappa shape index (κ1) is 22.0. The van der Waals surface area contributed by atoms with E-state index >= 15 is 0 Å². The van der Waals surface area contributed by atoms with Gasteiger partial charge in [-0.25, -0.2) is 0 Å². The van der Waals surface area contributed by atoms with Crippen molar-refractivity contribution in [3.8, 4) is 0 Å². The maximum Gasteiger partial charge on any atom is 0.192 e. The van der Waals surface area contributed by atoms with Crippen molar-refractivity contribution in [2.75, 3.05) is 0 Å². The van der Waals surface area contributed by atoms with Gasteiger partial charge in [0.1, 0.15) is 0 Å². The molecule has 0 aliphatic heterocycles. The molecule has 2 saturated carbocycles. The fourth-order valence-corrected chi connectivity index (χ4v) is 7.29. The Kier molecular flexibility index (Phi) is 7.44. The van der Waals surface area contributed by atoms with Crippen molar-refractivity contribution in [2.45, 2.75) is 96.0 Å². The minimum Gasteiger partial charge on any atom is -0.413 e. The van der Waals surface area contributed by atoms with Gasteiger partial charge in [-0.15, -0.1) is 0 Å². The number of benzene rings is 1. The van der Waals surface area contributed by atoms with Gasteiger partial charge < -0.3 is 4.43 Å². The van der Waals surface area contributed by atoms with Crippen molar-refractivity contribution in [3.63, 3.8) is 0 Å². The van der Waals surface area contributed by atoms with Crippen molar-refractivity contribution in [1.29, 1.82) is 0 Å². The van der Waals surface area contributed by atoms with Crippen LogP contribution in [0.3, 0.4) is 0 Å². The summed E-state index contributed by atoms with van der Waals surface area (Å²) >= 11 is 0. The predicted octanol–water partition coefficient (Wildman–Crippen LogP) is 6.74. The van der Waals surface area contributed by atoms with E-state index < -0.39 is 8.32 Å². The van der Waals surface area contributed by atoms with Crippen LogP contribution in [0.1, 0.15) is 65.7 Å². The van der Waals surface area contributed by atoms with Crippen LogP contribution < -0.4 is 5.19 Å². The highest BCUT2D eigenvalue weighted by molar-refractivity contribution is 6.74. The number of hydrogen-bond acceptors (Lipinski definition) is 1. The quantitative estimate of drug-likeness (QED) is 0.371. The van der Waals surface area contributed by atoms with Crippen molar-refractivity contribution >= 4 is 23.0 Å². The monoisotopic (exact) mass is 412 g/mol. The Morgan fingerprint density at radius 3 is 2.36 bits per heavy atom. The maximum atomic E-state index is 6.99. The van der Waals surface area contributed by atoms with Gasteiger partial charge in [-0.3, -0.25) is 0 Å². The van der Waals surface area contributed by atoms with Crippen LogP contribution in [0.15, 0.2) is 42.0 Å². The molecule has 3 heteroatoms. The zero-order valence-corrected chi connectivity index (χ0v) is 20.8. The molecule has 1 nitrogen and oxygen atoms in total. The Balaban J connectivity index is 1.75. The molecule has 2 aliphatic rings. The molecule has 0 N–H and O–H groups in total. The standard InChI is InChI=1S/C25H40OSi2/c1-25(2,3)28(4,5)26-24-17-16-21(18-20-12-8-6-9-13-20)23(24)19-27-22-14-10-7-11-15-22/h7,10-11,14-15,18,20,23-24H,6,8-9,12-13,16-17,19H2,1-5H3/b21-18+/t23-,24-/m0/s1. The summed E-state index contributed by atoms with van der Waals surface area (Å²) in [5.74, 6) is 1.47. The Morgan fingerprint density at radius 1 is 1.04 bits per heavy atom. The molecule has 2 aliphatic carbocycles. The summed E-state index contributed by atoms with van der Waals surface area (Å²) in [4.78, 5) is 0. The number of rotatable bonds is 6. The average molecular weight is 413 g/mol. The maximum absolute atomic E-state index is 6.99. The second-order valence-electron chi connectivity index (χ2n) is 10.4. The van der Waals surface area contributed by atoms with Gasteiger partial charge in [-0.2, -0.15) is 0 Å². The van der Waals surface area contributed by atoms with E-state index in [0.29, 0.717) is 12.0 Å². The highest BCUT2D eigenvalue weighted by Gasteiger charge is 2.43. The van der Waals surface area contributed by atoms with Crippen molar-refractivity contribution in [3.05, 3.63) is 42.0 Å². The predicted molar refractivity (Wildman–Crippen MR) is 126 cm³/mol. The third-order valence-corrected chi connectivity index (χ3v) is 13.2. The third kappa shape index (κ3) is 5.70. The van der Waals surface area contributed by atoms with Crippen molar-refractivity contribution in [2.24, 2.45) is 11.8 Å². The molecule has 2 fully saturated rings. The minimum atomic E-state index is -1.73. The van der Waals surface area contributed by atoms with Crippen LogP contribution in [-0.4, -0.2) is 23.9 Å². The summed E-state index contributed by atoms with van der Waals surface area (Å²) in [6.07, 6.45) is 12.7. The van der Waals surface area contributed by atoms with Crippen LogP contribution in [0.25, 0.3) is 0 Å². The Morgan fingerprint density at radius 2 is 1.71 bits per heavy atom. The van der Waals surface area contributed by atoms with Gasteiger partial charge in [-0.05, 0) is 55.8 Å². The Labute approximate surface area is 177 Å². The Bertz CT molecular complexity index is 638. The zero-order valence-electron chi connectivity index (χ0n) is 18.8. The fraction of sp³-hybridized carbons (Fsp3) is 0.680. The molecule has 154 valence electrons. The van der Waals surface area contributed by atoms with Gasteiger partial charge in [0.25, 0.3) is 0 Å². The van der Waals surface area contributed by atoms with Crippen molar-refractivity contribution in [1.82, 2.24) is 0 Å². The lowest BCUT2D eigenvalue weighted by Gasteiger charge is -2.40. The van der Waals surface area contributed by atoms with Gasteiger partial charge in [0.15, 0.2) is 8.32 Å². The van der Waals surface area contributed by atoms with Crippen LogP contribution in [0.4, 0.5) is 0 Å². The SMILES string of the molecule is CC(C)(C)[Si](C)(C)O[C@H]1CC/C(=C\C2CCCCC2)[C@@H]1C[Si]c1ccccc1. The molecular formula is C25H40OSi2. The van der Waals surface area contributed by atoms with Crippen molar-refractivity contribution < 1.29 is 4.43 Å². The first-order chi connectivity index (χ1) is 13.3. The smallest absolute Gasteiger partial charge is 0.192 e. The van der Waals surface area contributed by atoms with E-state index in [2.05, 4.69) is 70.3 Å². The fourth-order valence-electron chi connectivity index (χ4n) is 4.49. The molecule has 2 radical (unpaired) electrons. The molecule has 0 heterocycles. The summed E-state index contributed by atoms with van der Waals surface area (Å²) in [6, 6.07) is 12.3. The first-order valence-electron chi connectivity index (χ1n) is 11.4. The molecule has 3 rings (SSSR count). The molecule has 2 atom stereocenters. The second-order valence-corrected chi connectivity index (χ2v) is 16.5. The molecule has 0 spiro atoms. The number of hydrogen-bond donors (Lipinski definition) is 0. The largest absolute Gasteiger partial charge is 0.413 e. The van der Waals surface area contributed by atoms with E-state index in [-0.39, 0.29) is 5.04 Å². The van der Waals surface area contributed by atoms with Gasteiger partial charge in [-0.1, -0.05) is 87.2 Å². The van der Waals surface area contributed by atoms with Crippen LogP contribution in [-0.2, 0) is 4.43 Å². The van der Waals surface area contributed by atoms with E-state index in [1.165, 1.54) is 56.2 Å².